The first-order valence-electron chi connectivity index (χ1n) is 2.96. The third kappa shape index (κ3) is 1.67. The predicted octanol–water partition coefficient (Wildman–Crippen LogP) is 2.65. The first kappa shape index (κ1) is 7.48. The predicted molar refractivity (Wildman–Crippen MR) is 44.1 cm³/mol. The third-order valence-electron chi connectivity index (χ3n) is 1.25. The number of ketones is 1. The highest BCUT2D eigenvalue weighted by Crippen LogP contribution is 2.10. The molecule has 0 radical (unpaired) electrons. The van der Waals surface area contributed by atoms with Crippen LogP contribution in [-0.2, 0) is 0 Å². The van der Waals surface area contributed by atoms with Gasteiger partial charge in [-0.05, 0) is 19.1 Å². The van der Waals surface area contributed by atoms with Crippen LogP contribution in [0.3, 0.4) is 0 Å². The van der Waals surface area contributed by atoms with E-state index in [1.165, 1.54) is 0 Å². The maximum atomic E-state index is 10.7. The van der Waals surface area contributed by atoms with Crippen LogP contribution in [0.5, 0.6) is 0 Å². The molecule has 0 fully saturated rings. The highest BCUT2D eigenvalue weighted by atomic mass is 79.9. The van der Waals surface area contributed by atoms with Crippen LogP contribution in [0.25, 0.3) is 0 Å². The molecule has 0 bridgehead atoms. The Kier molecular flexibility index (Phi) is 2.22. The largest absolute Gasteiger partial charge is 0.295 e. The van der Waals surface area contributed by atoms with Gasteiger partial charge in [0, 0.05) is 10.0 Å². The second kappa shape index (κ2) is 2.97. The molecule has 0 aliphatic carbocycles. The fourth-order valence-electron chi connectivity index (χ4n) is 0.685. The van der Waals surface area contributed by atoms with Crippen molar-refractivity contribution >= 4 is 21.7 Å². The van der Waals surface area contributed by atoms with Gasteiger partial charge in [0.1, 0.15) is 0 Å². The van der Waals surface area contributed by atoms with E-state index >= 15 is 0 Å². The van der Waals surface area contributed by atoms with E-state index in [1.807, 2.05) is 12.1 Å². The van der Waals surface area contributed by atoms with Gasteiger partial charge < -0.3 is 0 Å². The molecular formula is C8H7BrO. The van der Waals surface area contributed by atoms with Crippen molar-refractivity contribution in [2.45, 2.75) is 6.92 Å². The second-order valence-corrected chi connectivity index (χ2v) is 2.98. The summed E-state index contributed by atoms with van der Waals surface area (Å²) in [4.78, 5) is 10.7. The van der Waals surface area contributed by atoms with Crippen LogP contribution in [0.15, 0.2) is 28.7 Å². The van der Waals surface area contributed by atoms with Crippen molar-refractivity contribution in [2.75, 3.05) is 0 Å². The van der Waals surface area contributed by atoms with Crippen LogP contribution in [-0.4, -0.2) is 5.78 Å². The van der Waals surface area contributed by atoms with Gasteiger partial charge in [0.25, 0.3) is 0 Å². The average molecular weight is 205 g/mol. The van der Waals surface area contributed by atoms with Crippen molar-refractivity contribution < 1.29 is 4.79 Å². The minimum atomic E-state index is 0.104. The summed E-state index contributed by atoms with van der Waals surface area (Å²) in [5.74, 6) is 0.104. The Morgan fingerprint density at radius 2 is 1.80 bits per heavy atom. The van der Waals surface area contributed by atoms with E-state index in [0.29, 0.717) is 0 Å². The lowest BCUT2D eigenvalue weighted by Crippen LogP contribution is -1.89. The molecule has 0 saturated heterocycles. The van der Waals surface area contributed by atoms with Gasteiger partial charge in [-0.25, -0.2) is 0 Å². The number of halogens is 1. The average Bonchev–Trinajstić information content (AvgIpc) is 1.88. The topological polar surface area (TPSA) is 17.1 Å². The van der Waals surface area contributed by atoms with Crippen LogP contribution in [0.1, 0.15) is 17.3 Å². The number of hydrogen-bond donors (Lipinski definition) is 0. The molecule has 10 heavy (non-hydrogen) atoms. The Labute approximate surface area is 68.2 Å². The first-order valence-corrected chi connectivity index (χ1v) is 3.76. The highest BCUT2D eigenvalue weighted by Gasteiger charge is 1.95. The fourth-order valence-corrected chi connectivity index (χ4v) is 0.949. The van der Waals surface area contributed by atoms with Gasteiger partial charge in [-0.15, -0.1) is 0 Å². The Balaban J connectivity index is 3.00. The van der Waals surface area contributed by atoms with Crippen molar-refractivity contribution in [2.24, 2.45) is 0 Å². The van der Waals surface area contributed by atoms with Crippen molar-refractivity contribution in [3.8, 4) is 0 Å². The lowest BCUT2D eigenvalue weighted by Gasteiger charge is -1.92. The van der Waals surface area contributed by atoms with Gasteiger partial charge in [0.15, 0.2) is 5.78 Å². The van der Waals surface area contributed by atoms with Crippen LogP contribution >= 0.6 is 15.9 Å². The molecule has 1 aromatic carbocycles. The van der Waals surface area contributed by atoms with E-state index in [0.717, 1.165) is 10.0 Å². The molecule has 2 heteroatoms. The van der Waals surface area contributed by atoms with Crippen LogP contribution in [0.2, 0.25) is 0 Å². The Morgan fingerprint density at radius 3 is 2.20 bits per heavy atom. The molecule has 0 amide bonds. The second-order valence-electron chi connectivity index (χ2n) is 2.06. The monoisotopic (exact) mass is 204 g/mol. The van der Waals surface area contributed by atoms with Gasteiger partial charge in [0.05, 0.1) is 0 Å². The molecule has 52 valence electrons. The van der Waals surface area contributed by atoms with Crippen molar-refractivity contribution in [1.82, 2.24) is 0 Å². The molecule has 0 aliphatic heterocycles. The third-order valence-corrected chi connectivity index (χ3v) is 1.78. The molecule has 1 aromatic rings. The van der Waals surface area contributed by atoms with E-state index in [1.54, 1.807) is 19.1 Å². The van der Waals surface area contributed by atoms with E-state index in [9.17, 15) is 4.79 Å². The van der Waals surface area contributed by atoms with E-state index in [2.05, 4.69) is 15.9 Å². The molecule has 0 aliphatic rings. The number of rotatable bonds is 1. The Hall–Kier alpha value is -0.630. The normalized spacial score (nSPS) is 9.40. The maximum Gasteiger partial charge on any atom is 0.159 e. The number of benzene rings is 1. The van der Waals surface area contributed by atoms with Crippen molar-refractivity contribution in [3.05, 3.63) is 34.3 Å². The lowest BCUT2D eigenvalue weighted by atomic mass is 10.6. The molecule has 0 unspecified atom stereocenters. The molecule has 1 nitrogen and oxygen atoms in total. The summed E-state index contributed by atoms with van der Waals surface area (Å²) in [5, 5.41) is 0. The molecule has 0 saturated carbocycles. The standard InChI is InChI=1S/C8H7BrO/c1-6(10)7-2-4-8(9)5-3-7/h2-5H,1H3/i2+1,3+1,4+1,5+1,7+1,8+1. The molecule has 0 N–H and O–H groups in total. The SMILES string of the molecule is CC(=O)[13c]1[13cH][13cH][13c](Br)[13cH][13cH]1. The molecule has 0 atom stereocenters. The summed E-state index contributed by atoms with van der Waals surface area (Å²) in [6.07, 6.45) is 0. The van der Waals surface area contributed by atoms with Gasteiger partial charge >= 0.3 is 0 Å². The Bertz CT molecular complexity index is 238. The number of carbonyl (C=O) groups is 1. The Morgan fingerprint density at radius 1 is 1.30 bits per heavy atom. The van der Waals surface area contributed by atoms with Crippen LogP contribution < -0.4 is 0 Å². The fraction of sp³-hybridized carbons (Fsp3) is 0.125. The smallest absolute Gasteiger partial charge is 0.159 e. The summed E-state index contributed by atoms with van der Waals surface area (Å²) >= 11 is 3.28. The zero-order valence-electron chi connectivity index (χ0n) is 5.60. The summed E-state index contributed by atoms with van der Waals surface area (Å²) < 4.78 is 0.998. The molecular weight excluding hydrogens is 198 g/mol. The van der Waals surface area contributed by atoms with E-state index in [4.69, 9.17) is 0 Å². The lowest BCUT2D eigenvalue weighted by molar-refractivity contribution is 0.101. The van der Waals surface area contributed by atoms with Gasteiger partial charge in [-0.3, -0.25) is 4.79 Å². The van der Waals surface area contributed by atoms with Crippen LogP contribution in [0, 0.1) is 0 Å². The first-order chi connectivity index (χ1) is 4.70. The minimum Gasteiger partial charge on any atom is -0.295 e. The quantitative estimate of drug-likeness (QED) is 0.644. The van der Waals surface area contributed by atoms with Crippen molar-refractivity contribution in [3.63, 3.8) is 0 Å². The summed E-state index contributed by atoms with van der Waals surface area (Å²) in [5.41, 5.74) is 0.753. The van der Waals surface area contributed by atoms with E-state index < -0.39 is 0 Å². The summed E-state index contributed by atoms with van der Waals surface area (Å²) in [6, 6.07) is 7.31. The van der Waals surface area contributed by atoms with E-state index in [-0.39, 0.29) is 5.78 Å². The maximum absolute atomic E-state index is 10.7. The van der Waals surface area contributed by atoms with Gasteiger partial charge in [-0.2, -0.15) is 0 Å². The molecule has 0 aromatic heterocycles. The summed E-state index contributed by atoms with van der Waals surface area (Å²) in [6.45, 7) is 1.56. The minimum absolute atomic E-state index is 0.104. The highest BCUT2D eigenvalue weighted by molar-refractivity contribution is 9.10. The zero-order chi connectivity index (χ0) is 7.56. The van der Waals surface area contributed by atoms with Crippen LogP contribution in [0.4, 0.5) is 0 Å². The number of hydrogen-bond acceptors (Lipinski definition) is 1. The number of carbonyl (C=O) groups excluding carboxylic acids is 1. The van der Waals surface area contributed by atoms with Gasteiger partial charge in [-0.1, -0.05) is 28.1 Å². The summed E-state index contributed by atoms with van der Waals surface area (Å²) in [7, 11) is 0. The molecule has 0 heterocycles. The van der Waals surface area contributed by atoms with Crippen molar-refractivity contribution in [1.29, 1.82) is 0 Å². The zero-order valence-corrected chi connectivity index (χ0v) is 7.18. The number of Topliss-reactive ketones (excluding diaryl/α,β-unsaturated/α-hetero) is 1. The molecule has 0 spiro atoms. The molecule has 1 rings (SSSR count). The van der Waals surface area contributed by atoms with Gasteiger partial charge in [0.2, 0.25) is 0 Å².